The number of hydrogen-bond donors (Lipinski definition) is 2. The lowest BCUT2D eigenvalue weighted by Crippen LogP contribution is -2.35. The molecule has 0 aromatic carbocycles. The van der Waals surface area contributed by atoms with E-state index in [-0.39, 0.29) is 0 Å². The second kappa shape index (κ2) is 4.06. The molecule has 0 radical (unpaired) electrons. The molecule has 17 heavy (non-hydrogen) atoms. The van der Waals surface area contributed by atoms with Gasteiger partial charge in [-0.1, -0.05) is 0 Å². The molecule has 1 atom stereocenters. The van der Waals surface area contributed by atoms with Gasteiger partial charge in [-0.15, -0.1) is 0 Å². The lowest BCUT2D eigenvalue weighted by atomic mass is 10.2. The zero-order valence-corrected chi connectivity index (χ0v) is 9.63. The van der Waals surface area contributed by atoms with Crippen LogP contribution in [0.4, 0.5) is 14.6 Å². The van der Waals surface area contributed by atoms with Gasteiger partial charge in [-0.2, -0.15) is 5.10 Å². The Morgan fingerprint density at radius 2 is 2.41 bits per heavy atom. The van der Waals surface area contributed by atoms with Crippen LogP contribution < -0.4 is 10.6 Å². The van der Waals surface area contributed by atoms with E-state index in [0.717, 1.165) is 5.69 Å². The van der Waals surface area contributed by atoms with Gasteiger partial charge in [0.05, 0.1) is 18.3 Å². The smallest absolute Gasteiger partial charge is 0.262 e. The second-order valence-corrected chi connectivity index (χ2v) is 4.28. The van der Waals surface area contributed by atoms with Gasteiger partial charge >= 0.3 is 0 Å². The average molecular weight is 244 g/mol. The second-order valence-electron chi connectivity index (χ2n) is 4.28. The number of rotatable bonds is 2. The third-order valence-corrected chi connectivity index (χ3v) is 2.68. The molecule has 5 nitrogen and oxygen atoms in total. The van der Waals surface area contributed by atoms with Crippen molar-refractivity contribution in [1.82, 2.24) is 15.1 Å². The van der Waals surface area contributed by atoms with Crippen molar-refractivity contribution in [3.05, 3.63) is 11.8 Å². The number of amides is 1. The standard InChI is InChI=1S/C10H14F2N4O/c1-6-3-8(16(2)15-6)14-9(17)7-4-10(11,12)5-13-7/h3,7,13H,4-5H2,1-2H3,(H,14,17). The fourth-order valence-electron chi connectivity index (χ4n) is 1.84. The summed E-state index contributed by atoms with van der Waals surface area (Å²) >= 11 is 0. The highest BCUT2D eigenvalue weighted by molar-refractivity contribution is 5.94. The van der Waals surface area contributed by atoms with E-state index < -0.39 is 30.8 Å². The first-order valence-electron chi connectivity index (χ1n) is 5.30. The van der Waals surface area contributed by atoms with E-state index in [1.165, 1.54) is 4.68 Å². The summed E-state index contributed by atoms with van der Waals surface area (Å²) in [5.41, 5.74) is 0.757. The van der Waals surface area contributed by atoms with Crippen LogP contribution in [0.15, 0.2) is 6.07 Å². The molecular weight excluding hydrogens is 230 g/mol. The van der Waals surface area contributed by atoms with Crippen molar-refractivity contribution in [2.24, 2.45) is 7.05 Å². The van der Waals surface area contributed by atoms with Gasteiger partial charge in [-0.3, -0.25) is 14.8 Å². The number of alkyl halides is 2. The largest absolute Gasteiger partial charge is 0.310 e. The summed E-state index contributed by atoms with van der Waals surface area (Å²) < 4.78 is 27.3. The molecule has 1 aliphatic heterocycles. The third kappa shape index (κ3) is 2.60. The van der Waals surface area contributed by atoms with E-state index in [4.69, 9.17) is 0 Å². The molecule has 1 aliphatic rings. The first-order chi connectivity index (χ1) is 7.87. The Morgan fingerprint density at radius 1 is 1.71 bits per heavy atom. The SMILES string of the molecule is Cc1cc(NC(=O)C2CC(F)(F)CN2)n(C)n1. The molecular formula is C10H14F2N4O. The summed E-state index contributed by atoms with van der Waals surface area (Å²) in [5, 5.41) is 9.13. The maximum atomic E-state index is 12.9. The highest BCUT2D eigenvalue weighted by Crippen LogP contribution is 2.25. The Kier molecular flexibility index (Phi) is 2.86. The molecule has 0 saturated carbocycles. The van der Waals surface area contributed by atoms with Gasteiger partial charge in [0.2, 0.25) is 5.91 Å². The molecule has 7 heteroatoms. The molecule has 94 valence electrons. The lowest BCUT2D eigenvalue weighted by molar-refractivity contribution is -0.118. The number of halogens is 2. The molecule has 1 fully saturated rings. The molecule has 2 heterocycles. The number of aromatic nitrogens is 2. The predicted molar refractivity (Wildman–Crippen MR) is 57.9 cm³/mol. The van der Waals surface area contributed by atoms with Gasteiger partial charge < -0.3 is 5.32 Å². The van der Waals surface area contributed by atoms with Gasteiger partial charge in [-0.25, -0.2) is 8.78 Å². The number of nitrogens with one attached hydrogen (secondary N) is 2. The minimum atomic E-state index is -2.80. The summed E-state index contributed by atoms with van der Waals surface area (Å²) in [5.74, 6) is -2.75. The first-order valence-corrected chi connectivity index (χ1v) is 5.30. The fraction of sp³-hybridized carbons (Fsp3) is 0.600. The molecule has 1 aromatic heterocycles. The van der Waals surface area contributed by atoms with Crippen molar-refractivity contribution in [2.45, 2.75) is 25.3 Å². The van der Waals surface area contributed by atoms with E-state index >= 15 is 0 Å². The van der Waals surface area contributed by atoms with Gasteiger partial charge in [0.1, 0.15) is 5.82 Å². The number of carbonyl (C=O) groups is 1. The molecule has 0 spiro atoms. The minimum absolute atomic E-state index is 0.449. The van der Waals surface area contributed by atoms with E-state index in [0.29, 0.717) is 5.82 Å². The van der Waals surface area contributed by atoms with Crippen molar-refractivity contribution in [3.63, 3.8) is 0 Å². The maximum Gasteiger partial charge on any atom is 0.262 e. The van der Waals surface area contributed by atoms with Crippen LogP contribution in [0.1, 0.15) is 12.1 Å². The topological polar surface area (TPSA) is 59.0 Å². The van der Waals surface area contributed by atoms with Crippen LogP contribution in [0.5, 0.6) is 0 Å². The van der Waals surface area contributed by atoms with E-state index in [9.17, 15) is 13.6 Å². The van der Waals surface area contributed by atoms with E-state index in [1.54, 1.807) is 20.0 Å². The molecule has 2 rings (SSSR count). The van der Waals surface area contributed by atoms with Crippen molar-refractivity contribution in [1.29, 1.82) is 0 Å². The normalized spacial score (nSPS) is 22.7. The quantitative estimate of drug-likeness (QED) is 0.803. The highest BCUT2D eigenvalue weighted by Gasteiger charge is 2.42. The Balaban J connectivity index is 2.01. The number of carbonyl (C=O) groups excluding carboxylic acids is 1. The number of hydrogen-bond acceptors (Lipinski definition) is 3. The Bertz CT molecular complexity index is 444. The van der Waals surface area contributed by atoms with Gasteiger partial charge in [0.15, 0.2) is 0 Å². The number of aryl methyl sites for hydroxylation is 2. The van der Waals surface area contributed by atoms with Crippen LogP contribution in [0.3, 0.4) is 0 Å². The van der Waals surface area contributed by atoms with Crippen LogP contribution in [0.25, 0.3) is 0 Å². The Hall–Kier alpha value is -1.50. The molecule has 2 N–H and O–H groups in total. The van der Waals surface area contributed by atoms with E-state index in [2.05, 4.69) is 15.7 Å². The highest BCUT2D eigenvalue weighted by atomic mass is 19.3. The number of anilines is 1. The summed E-state index contributed by atoms with van der Waals surface area (Å²) in [6.07, 6.45) is -0.463. The summed E-state index contributed by atoms with van der Waals surface area (Å²) in [4.78, 5) is 11.7. The monoisotopic (exact) mass is 244 g/mol. The molecule has 0 bridgehead atoms. The van der Waals surface area contributed by atoms with Gasteiger partial charge in [-0.05, 0) is 6.92 Å². The Morgan fingerprint density at radius 3 is 2.88 bits per heavy atom. The minimum Gasteiger partial charge on any atom is -0.310 e. The zero-order chi connectivity index (χ0) is 12.6. The van der Waals surface area contributed by atoms with Crippen LogP contribution in [0.2, 0.25) is 0 Å². The fourth-order valence-corrected chi connectivity index (χ4v) is 1.84. The maximum absolute atomic E-state index is 12.9. The summed E-state index contributed by atoms with van der Waals surface area (Å²) in [6, 6.07) is 0.838. The van der Waals surface area contributed by atoms with Crippen LogP contribution >= 0.6 is 0 Å². The summed E-state index contributed by atoms with van der Waals surface area (Å²) in [6.45, 7) is 1.34. The molecule has 1 unspecified atom stereocenters. The molecule has 1 saturated heterocycles. The van der Waals surface area contributed by atoms with Gasteiger partial charge in [0, 0.05) is 19.5 Å². The van der Waals surface area contributed by atoms with Crippen LogP contribution in [-0.4, -0.2) is 34.2 Å². The first kappa shape index (κ1) is 12.0. The summed E-state index contributed by atoms with van der Waals surface area (Å²) in [7, 11) is 1.68. The average Bonchev–Trinajstić information content (AvgIpc) is 2.70. The van der Waals surface area contributed by atoms with Crippen molar-refractivity contribution >= 4 is 11.7 Å². The number of nitrogens with zero attached hydrogens (tertiary/aromatic N) is 2. The van der Waals surface area contributed by atoms with Crippen molar-refractivity contribution < 1.29 is 13.6 Å². The molecule has 1 amide bonds. The third-order valence-electron chi connectivity index (χ3n) is 2.68. The predicted octanol–water partition coefficient (Wildman–Crippen LogP) is 0.664. The van der Waals surface area contributed by atoms with Crippen molar-refractivity contribution in [3.8, 4) is 0 Å². The molecule has 0 aliphatic carbocycles. The zero-order valence-electron chi connectivity index (χ0n) is 9.63. The molecule has 1 aromatic rings. The van der Waals surface area contributed by atoms with Crippen LogP contribution in [0, 0.1) is 6.92 Å². The Labute approximate surface area is 97.2 Å². The lowest BCUT2D eigenvalue weighted by Gasteiger charge is -2.10. The van der Waals surface area contributed by atoms with Gasteiger partial charge in [0.25, 0.3) is 5.92 Å². The van der Waals surface area contributed by atoms with Crippen LogP contribution in [-0.2, 0) is 11.8 Å². The van der Waals surface area contributed by atoms with E-state index in [1.807, 2.05) is 0 Å². The van der Waals surface area contributed by atoms with Crippen molar-refractivity contribution in [2.75, 3.05) is 11.9 Å².